The summed E-state index contributed by atoms with van der Waals surface area (Å²) in [6, 6.07) is 8.40. The van der Waals surface area contributed by atoms with Crippen molar-refractivity contribution in [1.82, 2.24) is 15.5 Å². The number of carbonyl (C=O) groups is 1. The number of aliphatic imine (C=N–C) groups is 1. The molecule has 1 aromatic carbocycles. The highest BCUT2D eigenvalue weighted by Gasteiger charge is 2.19. The first-order chi connectivity index (χ1) is 12.2. The fourth-order valence-corrected chi connectivity index (χ4v) is 2.79. The summed E-state index contributed by atoms with van der Waals surface area (Å²) in [5.74, 6) is 1.06. The van der Waals surface area contributed by atoms with Crippen LogP contribution >= 0.6 is 0 Å². The Bertz CT molecular complexity index is 557. The first kappa shape index (κ1) is 19.2. The van der Waals surface area contributed by atoms with Crippen molar-refractivity contribution >= 4 is 11.9 Å². The van der Waals surface area contributed by atoms with Crippen LogP contribution in [0, 0.1) is 0 Å². The normalized spacial score (nSPS) is 14.9. The van der Waals surface area contributed by atoms with Gasteiger partial charge in [0.25, 0.3) is 0 Å². The van der Waals surface area contributed by atoms with Gasteiger partial charge in [-0.1, -0.05) is 24.3 Å². The Morgan fingerprint density at radius 1 is 1.24 bits per heavy atom. The Morgan fingerprint density at radius 3 is 2.64 bits per heavy atom. The largest absolute Gasteiger partial charge is 0.382 e. The molecule has 1 heterocycles. The van der Waals surface area contributed by atoms with Crippen molar-refractivity contribution in [3.05, 3.63) is 35.4 Å². The standard InChI is InChI=1S/C19H30N4O2/c1-3-25-13-5-11-21-19(20-2)22-14-16-7-9-17(10-8-16)15-23-12-4-6-18(23)24/h7-10H,3-6,11-15H2,1-2H3,(H2,20,21,22). The lowest BCUT2D eigenvalue weighted by Crippen LogP contribution is -2.37. The van der Waals surface area contributed by atoms with Crippen molar-refractivity contribution in [2.24, 2.45) is 4.99 Å². The van der Waals surface area contributed by atoms with E-state index in [0.29, 0.717) is 13.0 Å². The van der Waals surface area contributed by atoms with Crippen molar-refractivity contribution < 1.29 is 9.53 Å². The highest BCUT2D eigenvalue weighted by atomic mass is 16.5. The Balaban J connectivity index is 1.71. The SMILES string of the molecule is CCOCCCNC(=NC)NCc1ccc(CN2CCCC2=O)cc1. The lowest BCUT2D eigenvalue weighted by Gasteiger charge is -2.16. The minimum Gasteiger partial charge on any atom is -0.382 e. The summed E-state index contributed by atoms with van der Waals surface area (Å²) in [4.78, 5) is 17.8. The van der Waals surface area contributed by atoms with Crippen LogP contribution in [-0.4, -0.2) is 50.1 Å². The van der Waals surface area contributed by atoms with Crippen molar-refractivity contribution in [3.8, 4) is 0 Å². The highest BCUT2D eigenvalue weighted by molar-refractivity contribution is 5.79. The van der Waals surface area contributed by atoms with Gasteiger partial charge in [0, 0.05) is 52.9 Å². The van der Waals surface area contributed by atoms with Crippen LogP contribution in [0.15, 0.2) is 29.3 Å². The van der Waals surface area contributed by atoms with Gasteiger partial charge in [0.05, 0.1) is 0 Å². The fraction of sp³-hybridized carbons (Fsp3) is 0.579. The van der Waals surface area contributed by atoms with E-state index < -0.39 is 0 Å². The zero-order valence-corrected chi connectivity index (χ0v) is 15.4. The number of hydrogen-bond acceptors (Lipinski definition) is 3. The smallest absolute Gasteiger partial charge is 0.222 e. The topological polar surface area (TPSA) is 66.0 Å². The van der Waals surface area contributed by atoms with Gasteiger partial charge in [-0.15, -0.1) is 0 Å². The van der Waals surface area contributed by atoms with E-state index in [-0.39, 0.29) is 5.91 Å². The third-order valence-corrected chi connectivity index (χ3v) is 4.21. The Hall–Kier alpha value is -2.08. The van der Waals surface area contributed by atoms with Gasteiger partial charge < -0.3 is 20.3 Å². The van der Waals surface area contributed by atoms with Gasteiger partial charge in [0.15, 0.2) is 5.96 Å². The minimum atomic E-state index is 0.268. The first-order valence-electron chi connectivity index (χ1n) is 9.10. The molecule has 0 spiro atoms. The number of likely N-dealkylation sites (tertiary alicyclic amines) is 1. The molecular weight excluding hydrogens is 316 g/mol. The third kappa shape index (κ3) is 6.74. The lowest BCUT2D eigenvalue weighted by molar-refractivity contribution is -0.128. The van der Waals surface area contributed by atoms with Crippen LogP contribution in [0.5, 0.6) is 0 Å². The third-order valence-electron chi connectivity index (χ3n) is 4.21. The van der Waals surface area contributed by atoms with Crippen molar-refractivity contribution in [2.75, 3.05) is 33.4 Å². The molecule has 2 N–H and O–H groups in total. The Labute approximate surface area is 150 Å². The van der Waals surface area contributed by atoms with E-state index >= 15 is 0 Å². The summed E-state index contributed by atoms with van der Waals surface area (Å²) in [6.45, 7) is 6.68. The predicted molar refractivity (Wildman–Crippen MR) is 100 cm³/mol. The number of ether oxygens (including phenoxy) is 1. The molecule has 1 fully saturated rings. The molecule has 0 unspecified atom stereocenters. The molecule has 6 nitrogen and oxygen atoms in total. The second-order valence-corrected chi connectivity index (χ2v) is 6.14. The maximum atomic E-state index is 11.7. The van der Waals surface area contributed by atoms with E-state index in [2.05, 4.69) is 39.9 Å². The molecule has 2 rings (SSSR count). The Kier molecular flexibility index (Phi) is 8.25. The molecule has 0 bridgehead atoms. The quantitative estimate of drug-likeness (QED) is 0.407. The van der Waals surface area contributed by atoms with Gasteiger partial charge in [-0.05, 0) is 30.9 Å². The summed E-state index contributed by atoms with van der Waals surface area (Å²) in [7, 11) is 1.77. The number of benzene rings is 1. The van der Waals surface area contributed by atoms with Crippen LogP contribution in [0.2, 0.25) is 0 Å². The van der Waals surface area contributed by atoms with E-state index in [1.807, 2.05) is 11.8 Å². The maximum absolute atomic E-state index is 11.7. The summed E-state index contributed by atoms with van der Waals surface area (Å²) >= 11 is 0. The van der Waals surface area contributed by atoms with Crippen LogP contribution in [0.3, 0.4) is 0 Å². The molecular formula is C19H30N4O2. The molecule has 6 heteroatoms. The fourth-order valence-electron chi connectivity index (χ4n) is 2.79. The maximum Gasteiger partial charge on any atom is 0.222 e. The molecule has 1 saturated heterocycles. The second kappa shape index (κ2) is 10.7. The average Bonchev–Trinajstić information content (AvgIpc) is 3.03. The monoisotopic (exact) mass is 346 g/mol. The highest BCUT2D eigenvalue weighted by Crippen LogP contribution is 2.14. The molecule has 0 aliphatic carbocycles. The minimum absolute atomic E-state index is 0.268. The van der Waals surface area contributed by atoms with Crippen molar-refractivity contribution in [1.29, 1.82) is 0 Å². The van der Waals surface area contributed by atoms with Crippen LogP contribution in [0.1, 0.15) is 37.3 Å². The number of carbonyl (C=O) groups excluding carboxylic acids is 1. The molecule has 1 aliphatic rings. The van der Waals surface area contributed by atoms with E-state index in [1.54, 1.807) is 7.05 Å². The van der Waals surface area contributed by atoms with Gasteiger partial charge in [0.2, 0.25) is 5.91 Å². The van der Waals surface area contributed by atoms with Crippen LogP contribution in [-0.2, 0) is 22.6 Å². The lowest BCUT2D eigenvalue weighted by atomic mass is 10.1. The van der Waals surface area contributed by atoms with Crippen LogP contribution < -0.4 is 10.6 Å². The van der Waals surface area contributed by atoms with E-state index in [9.17, 15) is 4.79 Å². The molecule has 1 amide bonds. The molecule has 0 atom stereocenters. The molecule has 138 valence electrons. The number of guanidine groups is 1. The second-order valence-electron chi connectivity index (χ2n) is 6.14. The number of amides is 1. The summed E-state index contributed by atoms with van der Waals surface area (Å²) in [6.07, 6.45) is 2.63. The van der Waals surface area contributed by atoms with E-state index in [0.717, 1.165) is 51.6 Å². The molecule has 25 heavy (non-hydrogen) atoms. The molecule has 1 aliphatic heterocycles. The van der Waals surface area contributed by atoms with Crippen LogP contribution in [0.25, 0.3) is 0 Å². The molecule has 0 aromatic heterocycles. The Morgan fingerprint density at radius 2 is 2.00 bits per heavy atom. The predicted octanol–water partition coefficient (Wildman–Crippen LogP) is 1.90. The zero-order chi connectivity index (χ0) is 17.9. The van der Waals surface area contributed by atoms with Gasteiger partial charge in [-0.25, -0.2) is 0 Å². The average molecular weight is 346 g/mol. The van der Waals surface area contributed by atoms with Gasteiger partial charge in [-0.2, -0.15) is 0 Å². The summed E-state index contributed by atoms with van der Waals surface area (Å²) < 4.78 is 5.32. The van der Waals surface area contributed by atoms with Gasteiger partial charge >= 0.3 is 0 Å². The molecule has 0 saturated carbocycles. The van der Waals surface area contributed by atoms with E-state index in [4.69, 9.17) is 4.74 Å². The number of rotatable bonds is 9. The zero-order valence-electron chi connectivity index (χ0n) is 15.4. The van der Waals surface area contributed by atoms with Crippen molar-refractivity contribution in [2.45, 2.75) is 39.3 Å². The molecule has 0 radical (unpaired) electrons. The summed E-state index contributed by atoms with van der Waals surface area (Å²) in [5, 5.41) is 6.59. The van der Waals surface area contributed by atoms with Gasteiger partial charge in [0.1, 0.15) is 0 Å². The summed E-state index contributed by atoms with van der Waals surface area (Å²) in [5.41, 5.74) is 2.37. The van der Waals surface area contributed by atoms with Crippen molar-refractivity contribution in [3.63, 3.8) is 0 Å². The van der Waals surface area contributed by atoms with Crippen LogP contribution in [0.4, 0.5) is 0 Å². The number of hydrogen-bond donors (Lipinski definition) is 2. The van der Waals surface area contributed by atoms with Gasteiger partial charge in [-0.3, -0.25) is 9.79 Å². The number of nitrogens with zero attached hydrogens (tertiary/aromatic N) is 2. The first-order valence-corrected chi connectivity index (χ1v) is 9.10. The van der Waals surface area contributed by atoms with E-state index in [1.165, 1.54) is 11.1 Å². The number of nitrogens with one attached hydrogen (secondary N) is 2. The molecule has 1 aromatic rings.